The zero-order chi connectivity index (χ0) is 8.67. The zero-order valence-electron chi connectivity index (χ0n) is 7.71. The average Bonchev–Trinajstić information content (AvgIpc) is 2.61. The van der Waals surface area contributed by atoms with Gasteiger partial charge in [0.25, 0.3) is 0 Å². The lowest BCUT2D eigenvalue weighted by molar-refractivity contribution is 0.262. The van der Waals surface area contributed by atoms with Crippen LogP contribution >= 0.6 is 0 Å². The van der Waals surface area contributed by atoms with Gasteiger partial charge < -0.3 is 5.32 Å². The summed E-state index contributed by atoms with van der Waals surface area (Å²) in [6, 6.07) is 0.721. The summed E-state index contributed by atoms with van der Waals surface area (Å²) < 4.78 is 0. The molecule has 1 aliphatic heterocycles. The maximum atomic E-state index is 4.30. The van der Waals surface area contributed by atoms with E-state index in [1.54, 1.807) is 0 Å². The van der Waals surface area contributed by atoms with Crippen LogP contribution < -0.4 is 5.32 Å². The molecule has 0 bridgehead atoms. The van der Waals surface area contributed by atoms with Gasteiger partial charge in [0, 0.05) is 12.2 Å². The maximum Gasteiger partial charge on any atom is 0.0657 e. The monoisotopic (exact) mass is 177 g/mol. The molecule has 1 fully saturated rings. The first-order valence-corrected chi connectivity index (χ1v) is 5.18. The molecule has 1 saturated heterocycles. The van der Waals surface area contributed by atoms with Gasteiger partial charge in [-0.3, -0.25) is 5.10 Å². The molecule has 1 aliphatic carbocycles. The molecule has 3 heteroatoms. The Labute approximate surface area is 77.9 Å². The standard InChI is InChI=1S/C10H15N3/c1-2-7-4-10-8(6-12-13-10)5-9(7)11-3-1/h6-7,9,11H,1-5H2,(H,12,13)/t7-,9-/m0/s1. The van der Waals surface area contributed by atoms with Crippen LogP contribution in [0.15, 0.2) is 6.20 Å². The first-order valence-electron chi connectivity index (χ1n) is 5.18. The first kappa shape index (κ1) is 7.56. The molecule has 70 valence electrons. The second-order valence-corrected chi connectivity index (χ2v) is 4.23. The Hall–Kier alpha value is -0.830. The first-order chi connectivity index (χ1) is 6.43. The number of piperidine rings is 1. The molecule has 0 spiro atoms. The number of fused-ring (bicyclic) bond motifs is 2. The number of hydrogen-bond donors (Lipinski definition) is 2. The fourth-order valence-corrected chi connectivity index (χ4v) is 2.68. The topological polar surface area (TPSA) is 40.7 Å². The van der Waals surface area contributed by atoms with Crippen molar-refractivity contribution in [3.05, 3.63) is 17.5 Å². The van der Waals surface area contributed by atoms with E-state index >= 15 is 0 Å². The van der Waals surface area contributed by atoms with E-state index in [9.17, 15) is 0 Å². The summed E-state index contributed by atoms with van der Waals surface area (Å²) in [5.41, 5.74) is 2.74. The SMILES string of the molecule is c1[nH]nc2c1C[C@@H]1NCCC[C@H]1C2. The van der Waals surface area contributed by atoms with Gasteiger partial charge in [-0.25, -0.2) is 0 Å². The maximum absolute atomic E-state index is 4.30. The van der Waals surface area contributed by atoms with Crippen molar-refractivity contribution in [3.8, 4) is 0 Å². The van der Waals surface area contributed by atoms with E-state index in [0.717, 1.165) is 12.0 Å². The predicted molar refractivity (Wildman–Crippen MR) is 50.5 cm³/mol. The quantitative estimate of drug-likeness (QED) is 0.617. The van der Waals surface area contributed by atoms with Gasteiger partial charge in [-0.1, -0.05) is 0 Å². The average molecular weight is 177 g/mol. The van der Waals surface area contributed by atoms with Gasteiger partial charge in [-0.05, 0) is 43.7 Å². The van der Waals surface area contributed by atoms with Gasteiger partial charge in [-0.2, -0.15) is 5.10 Å². The van der Waals surface area contributed by atoms with Crippen molar-refractivity contribution in [2.24, 2.45) is 5.92 Å². The summed E-state index contributed by atoms with van der Waals surface area (Å²) in [6.45, 7) is 1.20. The molecule has 1 aromatic rings. The van der Waals surface area contributed by atoms with Crippen LogP contribution in [0.1, 0.15) is 24.1 Å². The molecule has 13 heavy (non-hydrogen) atoms. The van der Waals surface area contributed by atoms with E-state index < -0.39 is 0 Å². The molecule has 0 amide bonds. The van der Waals surface area contributed by atoms with Crippen LogP contribution in [-0.4, -0.2) is 22.8 Å². The molecule has 3 nitrogen and oxygen atoms in total. The van der Waals surface area contributed by atoms with E-state index in [2.05, 4.69) is 21.7 Å². The molecule has 2 aliphatic rings. The highest BCUT2D eigenvalue weighted by molar-refractivity contribution is 5.22. The molecule has 1 aromatic heterocycles. The second kappa shape index (κ2) is 2.84. The summed E-state index contributed by atoms with van der Waals surface area (Å²) in [5, 5.41) is 10.9. The minimum Gasteiger partial charge on any atom is -0.313 e. The molecule has 2 N–H and O–H groups in total. The van der Waals surface area contributed by atoms with Crippen molar-refractivity contribution in [3.63, 3.8) is 0 Å². The number of aromatic amines is 1. The molecular weight excluding hydrogens is 162 g/mol. The Bertz CT molecular complexity index is 276. The van der Waals surface area contributed by atoms with Crippen molar-refractivity contribution < 1.29 is 0 Å². The van der Waals surface area contributed by atoms with E-state index in [1.807, 2.05) is 0 Å². The minimum atomic E-state index is 0.721. The summed E-state index contributed by atoms with van der Waals surface area (Å²) in [5.74, 6) is 0.838. The van der Waals surface area contributed by atoms with Gasteiger partial charge >= 0.3 is 0 Å². The molecule has 0 radical (unpaired) electrons. The molecule has 3 rings (SSSR count). The van der Waals surface area contributed by atoms with Crippen molar-refractivity contribution in [1.29, 1.82) is 0 Å². The highest BCUT2D eigenvalue weighted by atomic mass is 15.1. The van der Waals surface area contributed by atoms with Gasteiger partial charge in [0.2, 0.25) is 0 Å². The minimum absolute atomic E-state index is 0.721. The highest BCUT2D eigenvalue weighted by Gasteiger charge is 2.31. The van der Waals surface area contributed by atoms with Crippen LogP contribution in [0.3, 0.4) is 0 Å². The molecule has 0 aromatic carbocycles. The largest absolute Gasteiger partial charge is 0.313 e. The van der Waals surface area contributed by atoms with E-state index in [4.69, 9.17) is 0 Å². The van der Waals surface area contributed by atoms with Gasteiger partial charge in [0.15, 0.2) is 0 Å². The smallest absolute Gasteiger partial charge is 0.0657 e. The van der Waals surface area contributed by atoms with Gasteiger partial charge in [0.1, 0.15) is 0 Å². The Morgan fingerprint density at radius 1 is 1.38 bits per heavy atom. The number of hydrogen-bond acceptors (Lipinski definition) is 2. The number of aromatic nitrogens is 2. The van der Waals surface area contributed by atoms with Crippen LogP contribution in [0.2, 0.25) is 0 Å². The van der Waals surface area contributed by atoms with Gasteiger partial charge in [0.05, 0.1) is 5.69 Å². The summed E-state index contributed by atoms with van der Waals surface area (Å²) >= 11 is 0. The van der Waals surface area contributed by atoms with Crippen LogP contribution in [0.25, 0.3) is 0 Å². The number of nitrogens with one attached hydrogen (secondary N) is 2. The Balaban J connectivity index is 1.89. The Morgan fingerprint density at radius 2 is 2.38 bits per heavy atom. The normalized spacial score (nSPS) is 32.3. The third-order valence-corrected chi connectivity index (χ3v) is 3.43. The lowest BCUT2D eigenvalue weighted by Gasteiger charge is -2.35. The number of H-pyrrole nitrogens is 1. The molecule has 2 heterocycles. The van der Waals surface area contributed by atoms with Crippen molar-refractivity contribution in [1.82, 2.24) is 15.5 Å². The second-order valence-electron chi connectivity index (χ2n) is 4.23. The Morgan fingerprint density at radius 3 is 3.38 bits per heavy atom. The molecule has 0 saturated carbocycles. The van der Waals surface area contributed by atoms with E-state index in [0.29, 0.717) is 0 Å². The third-order valence-electron chi connectivity index (χ3n) is 3.43. The van der Waals surface area contributed by atoms with Crippen LogP contribution in [0.4, 0.5) is 0 Å². The van der Waals surface area contributed by atoms with Crippen molar-refractivity contribution in [2.45, 2.75) is 31.7 Å². The van der Waals surface area contributed by atoms with E-state index in [-0.39, 0.29) is 0 Å². The van der Waals surface area contributed by atoms with Crippen molar-refractivity contribution >= 4 is 0 Å². The van der Waals surface area contributed by atoms with Crippen LogP contribution in [-0.2, 0) is 12.8 Å². The fraction of sp³-hybridized carbons (Fsp3) is 0.700. The summed E-state index contributed by atoms with van der Waals surface area (Å²) in [7, 11) is 0. The van der Waals surface area contributed by atoms with Crippen LogP contribution in [0, 0.1) is 5.92 Å². The zero-order valence-corrected chi connectivity index (χ0v) is 7.71. The number of nitrogens with zero attached hydrogens (tertiary/aromatic N) is 1. The lowest BCUT2D eigenvalue weighted by Crippen LogP contribution is -2.45. The number of rotatable bonds is 0. The highest BCUT2D eigenvalue weighted by Crippen LogP contribution is 2.29. The molecule has 2 atom stereocenters. The lowest BCUT2D eigenvalue weighted by atomic mass is 9.79. The van der Waals surface area contributed by atoms with E-state index in [1.165, 1.54) is 43.5 Å². The summed E-state index contributed by atoms with van der Waals surface area (Å²) in [6.07, 6.45) is 7.12. The molecular formula is C10H15N3. The predicted octanol–water partition coefficient (Wildman–Crippen LogP) is 0.876. The fourth-order valence-electron chi connectivity index (χ4n) is 2.68. The third kappa shape index (κ3) is 1.18. The van der Waals surface area contributed by atoms with Crippen molar-refractivity contribution in [2.75, 3.05) is 6.54 Å². The van der Waals surface area contributed by atoms with Gasteiger partial charge in [-0.15, -0.1) is 0 Å². The van der Waals surface area contributed by atoms with Crippen LogP contribution in [0.5, 0.6) is 0 Å². The Kier molecular flexibility index (Phi) is 1.65. The summed E-state index contributed by atoms with van der Waals surface area (Å²) in [4.78, 5) is 0. The molecule has 0 unspecified atom stereocenters.